The van der Waals surface area contributed by atoms with Crippen molar-refractivity contribution in [3.63, 3.8) is 0 Å². The third-order valence-electron chi connectivity index (χ3n) is 0.591. The lowest BCUT2D eigenvalue weighted by Crippen LogP contribution is -2.11. The second-order valence-corrected chi connectivity index (χ2v) is 1.47. The van der Waals surface area contributed by atoms with Crippen LogP contribution in [0.5, 0.6) is 0 Å². The second-order valence-electron chi connectivity index (χ2n) is 1.16. The van der Waals surface area contributed by atoms with Crippen LogP contribution in [0.4, 0.5) is 4.79 Å². The summed E-state index contributed by atoms with van der Waals surface area (Å²) >= 11 is 4.81. The van der Waals surface area contributed by atoms with Gasteiger partial charge in [0.15, 0.2) is 0 Å². The van der Waals surface area contributed by atoms with E-state index in [-0.39, 0.29) is 0 Å². The Morgan fingerprint density at radius 1 is 1.75 bits per heavy atom. The largest absolute Gasteiger partial charge is 0.424 e. The zero-order valence-electron chi connectivity index (χ0n) is 4.68. The van der Waals surface area contributed by atoms with Crippen LogP contribution in [0.1, 0.15) is 6.92 Å². The molecular formula is C4H7ClO3. The van der Waals surface area contributed by atoms with Gasteiger partial charge in [-0.1, -0.05) is 0 Å². The minimum Gasteiger partial charge on any atom is -0.424 e. The molecule has 0 aromatic carbocycles. The van der Waals surface area contributed by atoms with E-state index < -0.39 is 11.7 Å². The maximum Gasteiger partial charge on any atom is 0.406 e. The standard InChI is InChI=1S/C4H7ClO3/c1-3(7-2)8-4(5)6/h3H,1-2H3. The summed E-state index contributed by atoms with van der Waals surface area (Å²) in [6.45, 7) is 1.57. The molecule has 0 aliphatic heterocycles. The van der Waals surface area contributed by atoms with E-state index in [1.165, 1.54) is 7.11 Å². The fourth-order valence-electron chi connectivity index (χ4n) is 0.179. The highest BCUT2D eigenvalue weighted by molar-refractivity contribution is 6.61. The van der Waals surface area contributed by atoms with Gasteiger partial charge in [0.2, 0.25) is 6.29 Å². The summed E-state index contributed by atoms with van der Waals surface area (Å²) in [7, 11) is 1.42. The number of halogens is 1. The molecule has 0 aliphatic carbocycles. The van der Waals surface area contributed by atoms with Crippen molar-refractivity contribution in [2.24, 2.45) is 0 Å². The van der Waals surface area contributed by atoms with Crippen molar-refractivity contribution in [2.45, 2.75) is 13.2 Å². The molecule has 0 saturated carbocycles. The van der Waals surface area contributed by atoms with Crippen LogP contribution in [0.15, 0.2) is 0 Å². The van der Waals surface area contributed by atoms with Crippen molar-refractivity contribution in [3.8, 4) is 0 Å². The lowest BCUT2D eigenvalue weighted by molar-refractivity contribution is -0.0590. The monoisotopic (exact) mass is 138 g/mol. The predicted molar refractivity (Wildman–Crippen MR) is 28.8 cm³/mol. The average Bonchev–Trinajstić information content (AvgIpc) is 1.65. The summed E-state index contributed by atoms with van der Waals surface area (Å²) in [5.41, 5.74) is -0.848. The van der Waals surface area contributed by atoms with Crippen molar-refractivity contribution >= 4 is 17.0 Å². The number of hydrogen-bond acceptors (Lipinski definition) is 3. The maximum absolute atomic E-state index is 9.88. The first-order chi connectivity index (χ1) is 3.66. The summed E-state index contributed by atoms with van der Waals surface area (Å²) in [6.07, 6.45) is -0.556. The maximum atomic E-state index is 9.88. The molecule has 0 rings (SSSR count). The van der Waals surface area contributed by atoms with Crippen molar-refractivity contribution < 1.29 is 14.3 Å². The normalized spacial score (nSPS) is 12.9. The summed E-state index contributed by atoms with van der Waals surface area (Å²) < 4.78 is 8.84. The number of carbonyl (C=O) groups excluding carboxylic acids is 1. The highest BCUT2D eigenvalue weighted by Crippen LogP contribution is 1.94. The molecule has 0 fully saturated rings. The van der Waals surface area contributed by atoms with Gasteiger partial charge in [-0.3, -0.25) is 0 Å². The Kier molecular flexibility index (Phi) is 3.56. The Morgan fingerprint density at radius 3 is 2.38 bits per heavy atom. The van der Waals surface area contributed by atoms with E-state index >= 15 is 0 Å². The first kappa shape index (κ1) is 7.72. The number of rotatable bonds is 2. The summed E-state index contributed by atoms with van der Waals surface area (Å²) in [4.78, 5) is 9.88. The van der Waals surface area contributed by atoms with Crippen LogP contribution in [0.2, 0.25) is 0 Å². The molecule has 0 N–H and O–H groups in total. The van der Waals surface area contributed by atoms with E-state index in [4.69, 9.17) is 11.6 Å². The Hall–Kier alpha value is -0.280. The lowest BCUT2D eigenvalue weighted by atomic mass is 10.8. The van der Waals surface area contributed by atoms with E-state index in [9.17, 15) is 4.79 Å². The van der Waals surface area contributed by atoms with Crippen LogP contribution in [0, 0.1) is 0 Å². The van der Waals surface area contributed by atoms with E-state index in [0.29, 0.717) is 0 Å². The van der Waals surface area contributed by atoms with E-state index in [1.807, 2.05) is 0 Å². The second kappa shape index (κ2) is 3.69. The topological polar surface area (TPSA) is 35.5 Å². The van der Waals surface area contributed by atoms with Crippen molar-refractivity contribution in [3.05, 3.63) is 0 Å². The number of carbonyl (C=O) groups is 1. The number of ether oxygens (including phenoxy) is 2. The van der Waals surface area contributed by atoms with Crippen molar-refractivity contribution in [2.75, 3.05) is 7.11 Å². The summed E-state index contributed by atoms with van der Waals surface area (Å²) in [6, 6.07) is 0. The fraction of sp³-hybridized carbons (Fsp3) is 0.750. The third-order valence-corrected chi connectivity index (χ3v) is 0.680. The molecule has 4 heteroatoms. The molecule has 0 radical (unpaired) electrons. The Labute approximate surface area is 52.5 Å². The molecule has 0 aliphatic rings. The molecule has 0 bridgehead atoms. The average molecular weight is 139 g/mol. The van der Waals surface area contributed by atoms with Crippen LogP contribution in [0.25, 0.3) is 0 Å². The van der Waals surface area contributed by atoms with Crippen LogP contribution < -0.4 is 0 Å². The van der Waals surface area contributed by atoms with Gasteiger partial charge in [-0.2, -0.15) is 0 Å². The molecule has 3 nitrogen and oxygen atoms in total. The fourth-order valence-corrected chi connectivity index (χ4v) is 0.304. The van der Waals surface area contributed by atoms with Gasteiger partial charge in [-0.05, 0) is 6.92 Å². The SMILES string of the molecule is COC(C)OC(=O)Cl. The lowest BCUT2D eigenvalue weighted by Gasteiger charge is -2.05. The molecule has 0 amide bonds. The third kappa shape index (κ3) is 3.89. The summed E-state index contributed by atoms with van der Waals surface area (Å²) in [5, 5.41) is 0. The molecule has 8 heavy (non-hydrogen) atoms. The van der Waals surface area contributed by atoms with Gasteiger partial charge < -0.3 is 9.47 Å². The first-order valence-corrected chi connectivity index (χ1v) is 2.43. The zero-order chi connectivity index (χ0) is 6.57. The summed E-state index contributed by atoms with van der Waals surface area (Å²) in [5.74, 6) is 0. The molecule has 0 aromatic heterocycles. The molecule has 1 atom stereocenters. The minimum atomic E-state index is -0.848. The van der Waals surface area contributed by atoms with E-state index in [1.54, 1.807) is 6.92 Å². The van der Waals surface area contributed by atoms with Gasteiger partial charge >= 0.3 is 5.43 Å². The highest BCUT2D eigenvalue weighted by Gasteiger charge is 2.01. The van der Waals surface area contributed by atoms with Gasteiger partial charge in [0.1, 0.15) is 0 Å². The number of hydrogen-bond donors (Lipinski definition) is 0. The number of methoxy groups -OCH3 is 1. The molecule has 0 saturated heterocycles. The van der Waals surface area contributed by atoms with Gasteiger partial charge in [-0.15, -0.1) is 0 Å². The van der Waals surface area contributed by atoms with E-state index in [2.05, 4.69) is 9.47 Å². The van der Waals surface area contributed by atoms with E-state index in [0.717, 1.165) is 0 Å². The van der Waals surface area contributed by atoms with Crippen molar-refractivity contribution in [1.29, 1.82) is 0 Å². The van der Waals surface area contributed by atoms with Crippen LogP contribution in [-0.4, -0.2) is 18.8 Å². The molecule has 48 valence electrons. The van der Waals surface area contributed by atoms with Crippen LogP contribution in [-0.2, 0) is 9.47 Å². The predicted octanol–water partition coefficient (Wildman–Crippen LogP) is 1.35. The van der Waals surface area contributed by atoms with Crippen molar-refractivity contribution in [1.82, 2.24) is 0 Å². The first-order valence-electron chi connectivity index (χ1n) is 2.05. The Morgan fingerprint density at radius 2 is 2.25 bits per heavy atom. The molecular weight excluding hydrogens is 131 g/mol. The Balaban J connectivity index is 3.24. The van der Waals surface area contributed by atoms with Crippen LogP contribution >= 0.6 is 11.6 Å². The molecule has 1 unspecified atom stereocenters. The minimum absolute atomic E-state index is 0.556. The van der Waals surface area contributed by atoms with Gasteiger partial charge in [0.05, 0.1) is 0 Å². The van der Waals surface area contributed by atoms with Gasteiger partial charge in [-0.25, -0.2) is 4.79 Å². The smallest absolute Gasteiger partial charge is 0.406 e. The van der Waals surface area contributed by atoms with Gasteiger partial charge in [0, 0.05) is 18.7 Å². The molecule has 0 spiro atoms. The quantitative estimate of drug-likeness (QED) is 0.427. The van der Waals surface area contributed by atoms with Crippen LogP contribution in [0.3, 0.4) is 0 Å². The highest BCUT2D eigenvalue weighted by atomic mass is 35.5. The Bertz CT molecular complexity index is 83.4. The zero-order valence-corrected chi connectivity index (χ0v) is 5.44. The molecule has 0 aromatic rings. The molecule has 0 heterocycles. The van der Waals surface area contributed by atoms with Gasteiger partial charge in [0.25, 0.3) is 0 Å².